The molecule has 0 fully saturated rings. The van der Waals surface area contributed by atoms with E-state index in [4.69, 9.17) is 9.47 Å². The van der Waals surface area contributed by atoms with Crippen molar-refractivity contribution in [3.8, 4) is 0 Å². The predicted molar refractivity (Wildman–Crippen MR) is 121 cm³/mol. The molecule has 2 aromatic carbocycles. The largest absolute Gasteiger partial charge is 0.465 e. The minimum Gasteiger partial charge on any atom is -0.465 e. The number of hydrogen-bond donors (Lipinski definition) is 0. The lowest BCUT2D eigenvalue weighted by Crippen LogP contribution is -2.38. The van der Waals surface area contributed by atoms with Gasteiger partial charge >= 0.3 is 11.9 Å². The Morgan fingerprint density at radius 3 is 2.44 bits per heavy atom. The Balaban J connectivity index is 2.02. The van der Waals surface area contributed by atoms with E-state index < -0.39 is 11.9 Å². The van der Waals surface area contributed by atoms with Crippen LogP contribution in [0.15, 0.2) is 59.8 Å². The van der Waals surface area contributed by atoms with E-state index in [1.165, 1.54) is 7.11 Å². The van der Waals surface area contributed by atoms with Crippen LogP contribution in [0, 0.1) is 6.92 Å². The van der Waals surface area contributed by atoms with Crippen LogP contribution in [0.4, 0.5) is 0 Å². The second-order valence-corrected chi connectivity index (χ2v) is 8.30. The van der Waals surface area contributed by atoms with Crippen LogP contribution < -0.4 is 0 Å². The van der Waals surface area contributed by atoms with Crippen LogP contribution in [0.5, 0.6) is 0 Å². The maximum Gasteiger partial charge on any atom is 0.337 e. The third kappa shape index (κ3) is 5.07. The number of rotatable bonds is 6. The fourth-order valence-corrected chi connectivity index (χ4v) is 4.01. The second-order valence-electron chi connectivity index (χ2n) is 8.30. The van der Waals surface area contributed by atoms with E-state index in [-0.39, 0.29) is 30.9 Å². The van der Waals surface area contributed by atoms with Gasteiger partial charge in [0, 0.05) is 18.0 Å². The molecule has 0 spiro atoms. The molecule has 168 valence electrons. The van der Waals surface area contributed by atoms with Gasteiger partial charge in [-0.15, -0.1) is 0 Å². The first-order chi connectivity index (χ1) is 15.2. The van der Waals surface area contributed by atoms with Gasteiger partial charge in [0.05, 0.1) is 30.9 Å². The number of carbonyl (C=O) groups excluding carboxylic acids is 3. The van der Waals surface area contributed by atoms with Gasteiger partial charge in [0.15, 0.2) is 0 Å². The normalized spacial score (nSPS) is 16.4. The van der Waals surface area contributed by atoms with E-state index in [0.717, 1.165) is 16.7 Å². The third-order valence-corrected chi connectivity index (χ3v) is 5.52. The highest BCUT2D eigenvalue weighted by Crippen LogP contribution is 2.38. The van der Waals surface area contributed by atoms with Gasteiger partial charge in [-0.1, -0.05) is 42.0 Å². The van der Waals surface area contributed by atoms with Crippen LogP contribution in [-0.4, -0.2) is 36.0 Å². The fourth-order valence-electron chi connectivity index (χ4n) is 4.01. The molecule has 2 aromatic rings. The number of esters is 2. The summed E-state index contributed by atoms with van der Waals surface area (Å²) in [5, 5.41) is 0. The molecule has 1 atom stereocenters. The molecule has 0 radical (unpaired) electrons. The van der Waals surface area contributed by atoms with Gasteiger partial charge in [0.2, 0.25) is 5.91 Å². The number of methoxy groups -OCH3 is 1. The van der Waals surface area contributed by atoms with Crippen molar-refractivity contribution in [3.05, 3.63) is 82.1 Å². The molecule has 0 aromatic heterocycles. The number of carbonyl (C=O) groups is 3. The van der Waals surface area contributed by atoms with Crippen molar-refractivity contribution in [2.24, 2.45) is 0 Å². The molecule has 1 aliphatic heterocycles. The number of hydrogen-bond acceptors (Lipinski definition) is 5. The number of benzene rings is 2. The van der Waals surface area contributed by atoms with Gasteiger partial charge in [0.25, 0.3) is 0 Å². The molecular weight excluding hydrogens is 406 g/mol. The lowest BCUT2D eigenvalue weighted by molar-refractivity contribution is -0.143. The Morgan fingerprint density at radius 1 is 1.06 bits per heavy atom. The molecule has 3 rings (SSSR count). The number of amides is 1. The van der Waals surface area contributed by atoms with E-state index in [1.54, 1.807) is 43.9 Å². The van der Waals surface area contributed by atoms with Crippen LogP contribution >= 0.6 is 0 Å². The lowest BCUT2D eigenvalue weighted by atomic mass is 9.83. The first-order valence-corrected chi connectivity index (χ1v) is 10.7. The van der Waals surface area contributed by atoms with Gasteiger partial charge in [-0.25, -0.2) is 9.59 Å². The minimum absolute atomic E-state index is 0.0847. The summed E-state index contributed by atoms with van der Waals surface area (Å²) in [6.45, 7) is 7.62. The molecule has 0 saturated heterocycles. The molecule has 0 N–H and O–H groups in total. The Hall–Kier alpha value is -3.41. The van der Waals surface area contributed by atoms with Gasteiger partial charge in [0.1, 0.15) is 0 Å². The zero-order chi connectivity index (χ0) is 23.4. The average molecular weight is 436 g/mol. The quantitative estimate of drug-likeness (QED) is 0.624. The zero-order valence-corrected chi connectivity index (χ0v) is 19.2. The summed E-state index contributed by atoms with van der Waals surface area (Å²) in [5.41, 5.74) is 4.22. The van der Waals surface area contributed by atoms with E-state index in [9.17, 15) is 14.4 Å². The van der Waals surface area contributed by atoms with Crippen LogP contribution in [0.3, 0.4) is 0 Å². The fraction of sp³-hybridized carbons (Fsp3) is 0.346. The van der Waals surface area contributed by atoms with E-state index in [1.807, 2.05) is 37.3 Å². The summed E-state index contributed by atoms with van der Waals surface area (Å²) in [7, 11) is 1.33. The van der Waals surface area contributed by atoms with Gasteiger partial charge in [-0.3, -0.25) is 4.79 Å². The van der Waals surface area contributed by atoms with Crippen LogP contribution in [-0.2, 0) is 25.6 Å². The molecule has 0 saturated carbocycles. The molecular formula is C26H29NO5. The Bertz CT molecular complexity index is 1070. The Kier molecular flexibility index (Phi) is 7.13. The zero-order valence-electron chi connectivity index (χ0n) is 19.2. The molecule has 0 aliphatic carbocycles. The molecule has 0 bridgehead atoms. The highest BCUT2D eigenvalue weighted by molar-refractivity contribution is 5.96. The summed E-state index contributed by atoms with van der Waals surface area (Å²) in [5.74, 6) is -1.31. The standard InChI is InChI=1S/C26H29NO5/c1-16(2)32-26(30)24-18(4)27(15-19-9-7-11-21(13-19)25(29)31-5)23(28)14-22(24)20-10-6-8-17(3)12-20/h6-13,16,22H,14-15H2,1-5H3/t22-/m1/s1. The van der Waals surface area contributed by atoms with Crippen LogP contribution in [0.25, 0.3) is 0 Å². The van der Waals surface area contributed by atoms with Crippen molar-refractivity contribution in [1.82, 2.24) is 4.90 Å². The van der Waals surface area contributed by atoms with Gasteiger partial charge in [-0.2, -0.15) is 0 Å². The second kappa shape index (κ2) is 9.81. The van der Waals surface area contributed by atoms with E-state index in [2.05, 4.69) is 0 Å². The number of ether oxygens (including phenoxy) is 2. The minimum atomic E-state index is -0.440. The lowest BCUT2D eigenvalue weighted by Gasteiger charge is -2.35. The Labute approximate surface area is 188 Å². The first kappa shape index (κ1) is 23.3. The molecule has 6 heteroatoms. The number of allylic oxidation sites excluding steroid dienone is 1. The maximum atomic E-state index is 13.2. The summed E-state index contributed by atoms with van der Waals surface area (Å²) < 4.78 is 10.3. The highest BCUT2D eigenvalue weighted by Gasteiger charge is 2.37. The van der Waals surface area contributed by atoms with E-state index >= 15 is 0 Å². The van der Waals surface area contributed by atoms with Crippen LogP contribution in [0.2, 0.25) is 0 Å². The van der Waals surface area contributed by atoms with Crippen molar-refractivity contribution in [1.29, 1.82) is 0 Å². The topological polar surface area (TPSA) is 72.9 Å². The van der Waals surface area contributed by atoms with Crippen LogP contribution in [0.1, 0.15) is 60.2 Å². The van der Waals surface area contributed by atoms with Crippen molar-refractivity contribution < 1.29 is 23.9 Å². The molecule has 0 unspecified atom stereocenters. The molecule has 1 heterocycles. The van der Waals surface area contributed by atoms with Crippen molar-refractivity contribution in [2.45, 2.75) is 52.7 Å². The number of aryl methyl sites for hydroxylation is 1. The number of nitrogens with zero attached hydrogens (tertiary/aromatic N) is 1. The van der Waals surface area contributed by atoms with Gasteiger partial charge in [-0.05, 0) is 51.0 Å². The monoisotopic (exact) mass is 435 g/mol. The molecule has 32 heavy (non-hydrogen) atoms. The summed E-state index contributed by atoms with van der Waals surface area (Å²) in [6.07, 6.45) is -0.108. The summed E-state index contributed by atoms with van der Waals surface area (Å²) in [6, 6.07) is 14.8. The maximum absolute atomic E-state index is 13.2. The summed E-state index contributed by atoms with van der Waals surface area (Å²) >= 11 is 0. The molecule has 6 nitrogen and oxygen atoms in total. The summed E-state index contributed by atoms with van der Waals surface area (Å²) in [4.78, 5) is 39.8. The van der Waals surface area contributed by atoms with Crippen molar-refractivity contribution in [2.75, 3.05) is 7.11 Å². The first-order valence-electron chi connectivity index (χ1n) is 10.7. The van der Waals surface area contributed by atoms with E-state index in [0.29, 0.717) is 16.8 Å². The van der Waals surface area contributed by atoms with Gasteiger partial charge < -0.3 is 14.4 Å². The highest BCUT2D eigenvalue weighted by atomic mass is 16.5. The molecule has 1 amide bonds. The molecule has 1 aliphatic rings. The van der Waals surface area contributed by atoms with Crippen molar-refractivity contribution in [3.63, 3.8) is 0 Å². The average Bonchev–Trinajstić information content (AvgIpc) is 2.75. The van der Waals surface area contributed by atoms with Crippen molar-refractivity contribution >= 4 is 17.8 Å². The smallest absolute Gasteiger partial charge is 0.337 e. The third-order valence-electron chi connectivity index (χ3n) is 5.52. The Morgan fingerprint density at radius 2 is 1.78 bits per heavy atom. The SMILES string of the molecule is COC(=O)c1cccc(CN2C(=O)C[C@H](c3cccc(C)c3)C(C(=O)OC(C)C)=C2C)c1. The predicted octanol–water partition coefficient (Wildman–Crippen LogP) is 4.52.